The molecule has 0 saturated carbocycles. The summed E-state index contributed by atoms with van der Waals surface area (Å²) in [7, 11) is 0. The predicted octanol–water partition coefficient (Wildman–Crippen LogP) is 2.41. The van der Waals surface area contributed by atoms with Gasteiger partial charge in [0.05, 0.1) is 16.8 Å². The van der Waals surface area contributed by atoms with Crippen LogP contribution in [0.15, 0.2) is 42.9 Å². The molecular weight excluding hydrogens is 224 g/mol. The van der Waals surface area contributed by atoms with Gasteiger partial charge in [-0.25, -0.2) is 0 Å². The van der Waals surface area contributed by atoms with Gasteiger partial charge in [-0.1, -0.05) is 17.7 Å². The Balaban J connectivity index is 2.14. The average Bonchev–Trinajstić information content (AvgIpc) is 2.33. The summed E-state index contributed by atoms with van der Waals surface area (Å²) in [5, 5.41) is 10.5. The second-order valence-corrected chi connectivity index (χ2v) is 3.85. The highest BCUT2D eigenvalue weighted by molar-refractivity contribution is 6.31. The highest BCUT2D eigenvalue weighted by Gasteiger charge is 2.11. The topological polar surface area (TPSA) is 46.0 Å². The van der Waals surface area contributed by atoms with Crippen molar-refractivity contribution in [2.24, 2.45) is 0 Å². The smallest absolute Gasteiger partial charge is 0.1000 e. The summed E-state index contributed by atoms with van der Waals surface area (Å²) >= 11 is 5.96. The summed E-state index contributed by atoms with van der Waals surface area (Å²) in [6.45, 7) is 0. The molecule has 82 valence electrons. The van der Waals surface area contributed by atoms with Crippen LogP contribution in [0.5, 0.6) is 0 Å². The summed E-state index contributed by atoms with van der Waals surface area (Å²) in [5.74, 6) is 0. The van der Waals surface area contributed by atoms with Crippen LogP contribution in [0.2, 0.25) is 5.02 Å². The van der Waals surface area contributed by atoms with Crippen molar-refractivity contribution in [3.63, 3.8) is 0 Å². The van der Waals surface area contributed by atoms with Gasteiger partial charge in [0.25, 0.3) is 0 Å². The third-order valence-electron chi connectivity index (χ3n) is 2.30. The third-order valence-corrected chi connectivity index (χ3v) is 2.64. The lowest BCUT2D eigenvalue weighted by Crippen LogP contribution is -2.04. The van der Waals surface area contributed by atoms with E-state index in [2.05, 4.69) is 9.97 Å². The first-order valence-electron chi connectivity index (χ1n) is 4.95. The Bertz CT molecular complexity index is 462. The van der Waals surface area contributed by atoms with Crippen LogP contribution in [0.1, 0.15) is 17.4 Å². The molecule has 0 radical (unpaired) electrons. The average molecular weight is 235 g/mol. The van der Waals surface area contributed by atoms with E-state index in [1.54, 1.807) is 30.7 Å². The Morgan fingerprint density at radius 3 is 2.81 bits per heavy atom. The number of pyridine rings is 2. The fourth-order valence-electron chi connectivity index (χ4n) is 1.46. The van der Waals surface area contributed by atoms with Gasteiger partial charge in [-0.05, 0) is 23.8 Å². The minimum absolute atomic E-state index is 0.443. The molecule has 2 rings (SSSR count). The molecule has 4 heteroatoms. The Labute approximate surface area is 98.8 Å². The number of hydrogen-bond donors (Lipinski definition) is 1. The molecule has 0 amide bonds. The van der Waals surface area contributed by atoms with Gasteiger partial charge in [0.1, 0.15) is 0 Å². The molecule has 0 aromatic carbocycles. The molecule has 1 atom stereocenters. The maximum Gasteiger partial charge on any atom is 0.1000 e. The van der Waals surface area contributed by atoms with Gasteiger partial charge < -0.3 is 5.11 Å². The molecular formula is C12H11ClN2O. The normalized spacial score (nSPS) is 12.4. The number of nitrogens with zero attached hydrogens (tertiary/aromatic N) is 2. The van der Waals surface area contributed by atoms with Crippen LogP contribution in [0.4, 0.5) is 0 Å². The van der Waals surface area contributed by atoms with Crippen LogP contribution >= 0.6 is 11.6 Å². The molecule has 0 aliphatic carbocycles. The van der Waals surface area contributed by atoms with Gasteiger partial charge in [-0.15, -0.1) is 0 Å². The van der Waals surface area contributed by atoms with E-state index in [1.165, 1.54) is 0 Å². The first-order chi connectivity index (χ1) is 7.77. The molecule has 2 aromatic rings. The highest BCUT2D eigenvalue weighted by atomic mass is 35.5. The van der Waals surface area contributed by atoms with E-state index in [9.17, 15) is 5.11 Å². The molecule has 0 fully saturated rings. The van der Waals surface area contributed by atoms with Crippen LogP contribution in [-0.2, 0) is 6.42 Å². The quantitative estimate of drug-likeness (QED) is 0.887. The molecule has 0 bridgehead atoms. The molecule has 3 nitrogen and oxygen atoms in total. The zero-order valence-corrected chi connectivity index (χ0v) is 9.30. The zero-order valence-electron chi connectivity index (χ0n) is 8.55. The van der Waals surface area contributed by atoms with Crippen LogP contribution in [0.25, 0.3) is 0 Å². The maximum absolute atomic E-state index is 9.96. The van der Waals surface area contributed by atoms with Gasteiger partial charge in [-0.2, -0.15) is 0 Å². The largest absolute Gasteiger partial charge is 0.386 e. The van der Waals surface area contributed by atoms with Crippen molar-refractivity contribution in [2.75, 3.05) is 0 Å². The lowest BCUT2D eigenvalue weighted by Gasteiger charge is -2.10. The van der Waals surface area contributed by atoms with Crippen molar-refractivity contribution in [2.45, 2.75) is 12.5 Å². The van der Waals surface area contributed by atoms with Gasteiger partial charge in [0.15, 0.2) is 0 Å². The number of aliphatic hydroxyl groups is 1. The molecule has 0 aliphatic heterocycles. The fourth-order valence-corrected chi connectivity index (χ4v) is 1.65. The van der Waals surface area contributed by atoms with E-state index in [-0.39, 0.29) is 0 Å². The molecule has 0 spiro atoms. The minimum Gasteiger partial charge on any atom is -0.386 e. The Kier molecular flexibility index (Phi) is 3.49. The third kappa shape index (κ3) is 2.56. The molecule has 16 heavy (non-hydrogen) atoms. The van der Waals surface area contributed by atoms with E-state index in [4.69, 9.17) is 11.6 Å². The van der Waals surface area contributed by atoms with Crippen molar-refractivity contribution in [3.8, 4) is 0 Å². The molecule has 2 aromatic heterocycles. The van der Waals surface area contributed by atoms with Crippen LogP contribution < -0.4 is 0 Å². The molecule has 0 saturated heterocycles. The first-order valence-corrected chi connectivity index (χ1v) is 5.32. The Morgan fingerprint density at radius 1 is 1.25 bits per heavy atom. The van der Waals surface area contributed by atoms with Crippen molar-refractivity contribution < 1.29 is 5.11 Å². The van der Waals surface area contributed by atoms with Gasteiger partial charge in [0, 0.05) is 25.0 Å². The lowest BCUT2D eigenvalue weighted by molar-refractivity contribution is 0.173. The highest BCUT2D eigenvalue weighted by Crippen LogP contribution is 2.21. The molecule has 2 heterocycles. The van der Waals surface area contributed by atoms with E-state index < -0.39 is 6.10 Å². The fraction of sp³-hybridized carbons (Fsp3) is 0.167. The second kappa shape index (κ2) is 5.05. The van der Waals surface area contributed by atoms with Gasteiger partial charge >= 0.3 is 0 Å². The summed E-state index contributed by atoms with van der Waals surface area (Å²) in [5.41, 5.74) is 1.52. The van der Waals surface area contributed by atoms with Crippen molar-refractivity contribution in [1.82, 2.24) is 9.97 Å². The van der Waals surface area contributed by atoms with E-state index in [0.717, 1.165) is 5.56 Å². The maximum atomic E-state index is 9.96. The van der Waals surface area contributed by atoms with Crippen molar-refractivity contribution in [1.29, 1.82) is 0 Å². The summed E-state index contributed by atoms with van der Waals surface area (Å²) in [6.07, 6.45) is 4.69. The van der Waals surface area contributed by atoms with Gasteiger partial charge in [-0.3, -0.25) is 9.97 Å². The Hall–Kier alpha value is -1.45. The summed E-state index contributed by atoms with van der Waals surface area (Å²) < 4.78 is 0. The molecule has 1 N–H and O–H groups in total. The monoisotopic (exact) mass is 234 g/mol. The summed E-state index contributed by atoms with van der Waals surface area (Å²) in [4.78, 5) is 7.99. The number of aromatic nitrogens is 2. The number of aliphatic hydroxyl groups excluding tert-OH is 1. The summed E-state index contributed by atoms with van der Waals surface area (Å²) in [6, 6.07) is 7.25. The minimum atomic E-state index is -0.638. The molecule has 1 unspecified atom stereocenters. The number of hydrogen-bond acceptors (Lipinski definition) is 3. The van der Waals surface area contributed by atoms with Crippen molar-refractivity contribution >= 4 is 11.6 Å². The van der Waals surface area contributed by atoms with Gasteiger partial charge in [0.2, 0.25) is 0 Å². The van der Waals surface area contributed by atoms with Crippen LogP contribution in [-0.4, -0.2) is 15.1 Å². The Morgan fingerprint density at radius 2 is 2.12 bits per heavy atom. The van der Waals surface area contributed by atoms with E-state index in [0.29, 0.717) is 17.1 Å². The van der Waals surface area contributed by atoms with Crippen molar-refractivity contribution in [3.05, 3.63) is 59.1 Å². The zero-order chi connectivity index (χ0) is 11.4. The van der Waals surface area contributed by atoms with Crippen LogP contribution in [0, 0.1) is 0 Å². The second-order valence-electron chi connectivity index (χ2n) is 3.44. The lowest BCUT2D eigenvalue weighted by atomic mass is 10.1. The van der Waals surface area contributed by atoms with Crippen LogP contribution in [0.3, 0.4) is 0 Å². The predicted molar refractivity (Wildman–Crippen MR) is 62.1 cm³/mol. The standard InChI is InChI=1S/C12H11ClN2O/c13-10-8-14-6-4-9(10)7-12(16)11-3-1-2-5-15-11/h1-6,8,12,16H,7H2. The molecule has 0 aliphatic rings. The van der Waals surface area contributed by atoms with E-state index >= 15 is 0 Å². The first kappa shape index (κ1) is 11.0. The SMILES string of the molecule is OC(Cc1ccncc1Cl)c1ccccn1. The van der Waals surface area contributed by atoms with E-state index in [1.807, 2.05) is 12.1 Å². The number of rotatable bonds is 3. The number of halogens is 1.